The van der Waals surface area contributed by atoms with Gasteiger partial charge in [0.15, 0.2) is 11.6 Å². The monoisotopic (exact) mass is 415 g/mol. The van der Waals surface area contributed by atoms with Crippen molar-refractivity contribution in [3.63, 3.8) is 0 Å². The molecule has 4 heterocycles. The lowest BCUT2D eigenvalue weighted by Crippen LogP contribution is -2.35. The Morgan fingerprint density at radius 2 is 1.93 bits per heavy atom. The number of pyridine rings is 1. The van der Waals surface area contributed by atoms with E-state index in [-0.39, 0.29) is 11.6 Å². The van der Waals surface area contributed by atoms with E-state index in [0.717, 1.165) is 17.3 Å². The molecule has 4 rings (SSSR count). The second-order valence-corrected chi connectivity index (χ2v) is 8.37. The van der Waals surface area contributed by atoms with Gasteiger partial charge in [0, 0.05) is 37.1 Å². The van der Waals surface area contributed by atoms with Crippen LogP contribution in [0.4, 0.5) is 10.2 Å². The number of fused-ring (bicyclic) bond motifs is 1. The van der Waals surface area contributed by atoms with Gasteiger partial charge in [0.1, 0.15) is 5.82 Å². The summed E-state index contributed by atoms with van der Waals surface area (Å²) in [6.45, 7) is 2.47. The topological polar surface area (TPSA) is 128 Å². The zero-order valence-electron chi connectivity index (χ0n) is 15.5. The lowest BCUT2D eigenvalue weighted by molar-refractivity contribution is 0.560. The molecule has 0 amide bonds. The Kier molecular flexibility index (Phi) is 4.92. The summed E-state index contributed by atoms with van der Waals surface area (Å²) in [7, 11) is -3.78. The molecule has 0 aliphatic carbocycles. The number of nitrogens with two attached hydrogens (primary N) is 1. The largest absolute Gasteiger partial charge is 0.349 e. The van der Waals surface area contributed by atoms with E-state index in [1.165, 1.54) is 0 Å². The van der Waals surface area contributed by atoms with E-state index in [1.54, 1.807) is 30.7 Å². The van der Waals surface area contributed by atoms with Gasteiger partial charge in [-0.25, -0.2) is 38.5 Å². The van der Waals surface area contributed by atoms with Gasteiger partial charge in [-0.3, -0.25) is 0 Å². The zero-order valence-corrected chi connectivity index (χ0v) is 16.3. The van der Waals surface area contributed by atoms with Crippen LogP contribution in [0.15, 0.2) is 36.8 Å². The molecule has 11 heteroatoms. The van der Waals surface area contributed by atoms with Crippen molar-refractivity contribution in [2.45, 2.75) is 25.1 Å². The van der Waals surface area contributed by atoms with Crippen LogP contribution in [0.25, 0.3) is 11.6 Å². The molecule has 0 fully saturated rings. The van der Waals surface area contributed by atoms with Gasteiger partial charge in [-0.05, 0) is 30.7 Å². The van der Waals surface area contributed by atoms with Crippen LogP contribution in [0.1, 0.15) is 29.8 Å². The minimum absolute atomic E-state index is 0.180. The number of sulfonamides is 1. The van der Waals surface area contributed by atoms with Crippen LogP contribution < -0.4 is 10.0 Å². The third-order valence-corrected chi connectivity index (χ3v) is 5.41. The van der Waals surface area contributed by atoms with E-state index in [9.17, 15) is 12.8 Å². The Morgan fingerprint density at radius 1 is 1.17 bits per heavy atom. The number of hydrogen-bond acceptors (Lipinski definition) is 8. The van der Waals surface area contributed by atoms with Crippen molar-refractivity contribution >= 4 is 15.8 Å². The lowest BCUT2D eigenvalue weighted by Gasteiger charge is -2.35. The van der Waals surface area contributed by atoms with E-state index in [4.69, 9.17) is 5.14 Å². The average Bonchev–Trinajstić information content (AvgIpc) is 2.67. The number of aromatic nitrogens is 5. The molecule has 1 unspecified atom stereocenters. The Bertz CT molecular complexity index is 1160. The third kappa shape index (κ3) is 4.20. The predicted molar refractivity (Wildman–Crippen MR) is 104 cm³/mol. The second kappa shape index (κ2) is 7.41. The van der Waals surface area contributed by atoms with Crippen molar-refractivity contribution in [3.8, 4) is 11.6 Å². The molecule has 0 saturated carbocycles. The third-order valence-electron chi connectivity index (χ3n) is 4.68. The van der Waals surface area contributed by atoms with Crippen LogP contribution in [-0.2, 0) is 22.2 Å². The van der Waals surface area contributed by atoms with Gasteiger partial charge in [0.25, 0.3) is 0 Å². The van der Waals surface area contributed by atoms with Crippen molar-refractivity contribution in [2.75, 3.05) is 11.4 Å². The molecule has 150 valence electrons. The normalized spacial score (nSPS) is 16.5. The summed E-state index contributed by atoms with van der Waals surface area (Å²) in [5.74, 6) is 0.0281. The molecule has 1 aliphatic rings. The Morgan fingerprint density at radius 3 is 2.66 bits per heavy atom. The van der Waals surface area contributed by atoms with Gasteiger partial charge in [-0.2, -0.15) is 4.39 Å². The summed E-state index contributed by atoms with van der Waals surface area (Å²) in [5.41, 5.74) is 2.00. The van der Waals surface area contributed by atoms with Crippen LogP contribution in [0, 0.1) is 5.95 Å². The van der Waals surface area contributed by atoms with Crippen LogP contribution in [0.3, 0.4) is 0 Å². The van der Waals surface area contributed by atoms with Gasteiger partial charge in [0.2, 0.25) is 16.0 Å². The second-order valence-electron chi connectivity index (χ2n) is 6.75. The molecule has 1 aliphatic heterocycles. The van der Waals surface area contributed by atoms with Gasteiger partial charge in [-0.1, -0.05) is 0 Å². The summed E-state index contributed by atoms with van der Waals surface area (Å²) < 4.78 is 36.8. The van der Waals surface area contributed by atoms with Crippen molar-refractivity contribution in [1.29, 1.82) is 0 Å². The van der Waals surface area contributed by atoms with Crippen LogP contribution >= 0.6 is 0 Å². The van der Waals surface area contributed by atoms with Gasteiger partial charge >= 0.3 is 0 Å². The molecule has 29 heavy (non-hydrogen) atoms. The predicted octanol–water partition coefficient (Wildman–Crippen LogP) is 1.38. The maximum absolute atomic E-state index is 14.0. The number of rotatable bonds is 4. The number of anilines is 1. The molecule has 3 aromatic rings. The summed E-state index contributed by atoms with van der Waals surface area (Å²) in [4.78, 5) is 23.1. The molecular weight excluding hydrogens is 397 g/mol. The smallest absolute Gasteiger partial charge is 0.215 e. The molecule has 9 nitrogen and oxygen atoms in total. The summed E-state index contributed by atoms with van der Waals surface area (Å²) in [5, 5.41) is 5.09. The van der Waals surface area contributed by atoms with E-state index in [0.29, 0.717) is 30.4 Å². The number of nitrogens with zero attached hydrogens (tertiary/aromatic N) is 6. The Labute approximate surface area is 166 Å². The summed E-state index contributed by atoms with van der Waals surface area (Å²) in [6, 6.07) is 4.16. The molecule has 0 saturated heterocycles. The molecule has 0 spiro atoms. The van der Waals surface area contributed by atoms with Crippen molar-refractivity contribution < 1.29 is 12.8 Å². The maximum atomic E-state index is 14.0. The fourth-order valence-electron chi connectivity index (χ4n) is 3.40. The molecular formula is C18H18FN7O2S. The highest BCUT2D eigenvalue weighted by Gasteiger charge is 2.28. The molecule has 3 aromatic heterocycles. The molecule has 0 radical (unpaired) electrons. The first-order valence-electron chi connectivity index (χ1n) is 8.87. The lowest BCUT2D eigenvalue weighted by atomic mass is 9.99. The van der Waals surface area contributed by atoms with Crippen molar-refractivity contribution in [3.05, 3.63) is 59.6 Å². The Hall–Kier alpha value is -3.05. The summed E-state index contributed by atoms with van der Waals surface area (Å²) in [6.07, 6.45) is 5.56. The van der Waals surface area contributed by atoms with E-state index in [2.05, 4.69) is 24.9 Å². The van der Waals surface area contributed by atoms with Gasteiger partial charge in [-0.15, -0.1) is 0 Å². The van der Waals surface area contributed by atoms with E-state index < -0.39 is 21.7 Å². The maximum Gasteiger partial charge on any atom is 0.215 e. The highest BCUT2D eigenvalue weighted by atomic mass is 32.2. The first-order valence-corrected chi connectivity index (χ1v) is 10.6. The standard InChI is InChI=1S/C18H18FN7O2S/c1-11-13-9-23-18(17-21-4-2-5-22-17)24-14(13)3-6-26(11)16-8-12(7-15(19)25-16)10-29(20,27)28/h2,4-5,7-9,11H,3,6,10H2,1H3,(H2,20,27,28). The van der Waals surface area contributed by atoms with Crippen molar-refractivity contribution in [2.24, 2.45) is 5.14 Å². The number of hydrogen-bond donors (Lipinski definition) is 1. The van der Waals surface area contributed by atoms with Crippen molar-refractivity contribution in [1.82, 2.24) is 24.9 Å². The highest BCUT2D eigenvalue weighted by Crippen LogP contribution is 2.32. The number of primary sulfonamides is 1. The van der Waals surface area contributed by atoms with E-state index in [1.807, 2.05) is 11.8 Å². The first kappa shape index (κ1) is 19.3. The van der Waals surface area contributed by atoms with E-state index >= 15 is 0 Å². The highest BCUT2D eigenvalue weighted by molar-refractivity contribution is 7.88. The Balaban J connectivity index is 1.65. The van der Waals surface area contributed by atoms with Crippen LogP contribution in [-0.4, -0.2) is 39.9 Å². The fraction of sp³-hybridized carbons (Fsp3) is 0.278. The number of halogens is 1. The molecule has 0 aromatic carbocycles. The molecule has 2 N–H and O–H groups in total. The molecule has 1 atom stereocenters. The van der Waals surface area contributed by atoms with Gasteiger partial charge in [0.05, 0.1) is 17.5 Å². The van der Waals surface area contributed by atoms with Crippen LogP contribution in [0.5, 0.6) is 0 Å². The quantitative estimate of drug-likeness (QED) is 0.633. The molecule has 0 bridgehead atoms. The minimum atomic E-state index is -3.78. The minimum Gasteiger partial charge on any atom is -0.349 e. The average molecular weight is 415 g/mol. The van der Waals surface area contributed by atoms with Gasteiger partial charge < -0.3 is 4.90 Å². The fourth-order valence-corrected chi connectivity index (χ4v) is 4.03. The van der Waals surface area contributed by atoms with Crippen LogP contribution in [0.2, 0.25) is 0 Å². The summed E-state index contributed by atoms with van der Waals surface area (Å²) >= 11 is 0. The zero-order chi connectivity index (χ0) is 20.6. The first-order chi connectivity index (χ1) is 13.8. The SMILES string of the molecule is CC1c2cnc(-c3ncccn3)nc2CCN1c1cc(CS(N)(=O)=O)cc(F)n1.